The van der Waals surface area contributed by atoms with Crippen LogP contribution in [0.15, 0.2) is 12.7 Å². The molecule has 0 aliphatic rings. The molecule has 0 aliphatic heterocycles. The van der Waals surface area contributed by atoms with E-state index in [2.05, 4.69) is 20.8 Å². The van der Waals surface area contributed by atoms with Crippen molar-refractivity contribution in [2.45, 2.75) is 41.7 Å². The summed E-state index contributed by atoms with van der Waals surface area (Å²) >= 11 is 0. The van der Waals surface area contributed by atoms with Crippen molar-refractivity contribution in [2.24, 2.45) is 0 Å². The molecule has 0 saturated heterocycles. The molecule has 34 heavy (non-hydrogen) atoms. The van der Waals surface area contributed by atoms with Gasteiger partial charge in [-0.3, -0.25) is 0 Å². The quantitative estimate of drug-likeness (QED) is 0.132. The topological polar surface area (TPSA) is 44.8 Å². The molecule has 0 N–H and O–H groups in total. The van der Waals surface area contributed by atoms with Gasteiger partial charge in [0.15, 0.2) is 0 Å². The van der Waals surface area contributed by atoms with Crippen molar-refractivity contribution in [3.05, 3.63) is 12.7 Å². The summed E-state index contributed by atoms with van der Waals surface area (Å²) in [4.78, 5) is 10.6. The highest BCUT2D eigenvalue weighted by Crippen LogP contribution is 2.62. The predicted octanol–water partition coefficient (Wildman–Crippen LogP) is 5.12. The first-order chi connectivity index (χ1) is 15.0. The van der Waals surface area contributed by atoms with Crippen molar-refractivity contribution in [3.8, 4) is 0 Å². The van der Waals surface area contributed by atoms with E-state index in [0.29, 0.717) is 0 Å². The fourth-order valence-corrected chi connectivity index (χ4v) is 1.77. The van der Waals surface area contributed by atoms with Crippen molar-refractivity contribution in [2.75, 3.05) is 33.0 Å². The Morgan fingerprint density at radius 1 is 0.588 bits per heavy atom. The fraction of sp³-hybridized carbons (Fsp3) is 0.800. The number of alkyl halides is 15. The van der Waals surface area contributed by atoms with Gasteiger partial charge in [0, 0.05) is 6.08 Å². The molecule has 0 unspecified atom stereocenters. The minimum absolute atomic E-state index is 0.433. The monoisotopic (exact) mass is 542 g/mol. The van der Waals surface area contributed by atoms with E-state index in [1.807, 2.05) is 0 Å². The van der Waals surface area contributed by atoms with Crippen molar-refractivity contribution in [1.82, 2.24) is 0 Å². The lowest BCUT2D eigenvalue weighted by molar-refractivity contribution is -0.453. The summed E-state index contributed by atoms with van der Waals surface area (Å²) in [6.07, 6.45) is -6.91. The molecule has 0 spiro atoms. The molecule has 0 aromatic carbocycles. The standard InChI is InChI=1S/C15H13F15O4/c1-2-8(31)34-6-5-32-3-4-33-7-9(16,17)10(18,19)11(20,21)12(22,23)13(24,25)14(26,27)15(28,29)30/h2H,1,3-7H2. The van der Waals surface area contributed by atoms with Crippen molar-refractivity contribution in [3.63, 3.8) is 0 Å². The molecule has 0 saturated carbocycles. The predicted molar refractivity (Wildman–Crippen MR) is 78.5 cm³/mol. The molecule has 4 nitrogen and oxygen atoms in total. The SMILES string of the molecule is C=CC(=O)OCCOCCOCC(F)(F)C(F)(F)C(F)(F)C(F)(F)C(F)(F)C(F)(F)C(F)(F)F. The van der Waals surface area contributed by atoms with Crippen molar-refractivity contribution >= 4 is 5.97 Å². The van der Waals surface area contributed by atoms with Gasteiger partial charge in [-0.2, -0.15) is 65.9 Å². The molecule has 0 aromatic rings. The number of hydrogen-bond donors (Lipinski definition) is 0. The van der Waals surface area contributed by atoms with Gasteiger partial charge in [-0.15, -0.1) is 0 Å². The van der Waals surface area contributed by atoms with Crippen LogP contribution < -0.4 is 0 Å². The Morgan fingerprint density at radius 3 is 1.41 bits per heavy atom. The Morgan fingerprint density at radius 2 is 0.971 bits per heavy atom. The molecule has 0 aromatic heterocycles. The Kier molecular flexibility index (Phi) is 9.78. The zero-order valence-electron chi connectivity index (χ0n) is 16.1. The second-order valence-electron chi connectivity index (χ2n) is 6.11. The largest absolute Gasteiger partial charge is 0.460 e. The molecule has 0 radical (unpaired) electrons. The highest BCUT2D eigenvalue weighted by Gasteiger charge is 2.93. The van der Waals surface area contributed by atoms with Crippen LogP contribution in [-0.2, 0) is 19.0 Å². The van der Waals surface area contributed by atoms with Gasteiger partial charge in [0.1, 0.15) is 13.2 Å². The second-order valence-corrected chi connectivity index (χ2v) is 6.11. The number of halogens is 15. The van der Waals surface area contributed by atoms with E-state index in [0.717, 1.165) is 6.08 Å². The lowest BCUT2D eigenvalue weighted by Crippen LogP contribution is -2.73. The first-order valence-corrected chi connectivity index (χ1v) is 8.24. The normalized spacial score (nSPS) is 14.8. The molecule has 0 bridgehead atoms. The third-order valence-corrected chi connectivity index (χ3v) is 3.69. The Labute approximate surface area is 179 Å². The summed E-state index contributed by atoms with van der Waals surface area (Å²) in [7, 11) is 0. The zero-order valence-corrected chi connectivity index (χ0v) is 16.1. The maximum Gasteiger partial charge on any atom is 0.460 e. The van der Waals surface area contributed by atoms with E-state index in [1.54, 1.807) is 0 Å². The van der Waals surface area contributed by atoms with Gasteiger partial charge in [0.05, 0.1) is 19.8 Å². The number of ether oxygens (including phenoxy) is 3. The Balaban J connectivity index is 5.38. The van der Waals surface area contributed by atoms with Gasteiger partial charge in [-0.05, 0) is 0 Å². The smallest absolute Gasteiger partial charge is 0.460 e. The summed E-state index contributed by atoms with van der Waals surface area (Å²) in [5.41, 5.74) is 0. The van der Waals surface area contributed by atoms with Gasteiger partial charge in [0.25, 0.3) is 0 Å². The maximum absolute atomic E-state index is 13.5. The lowest BCUT2D eigenvalue weighted by atomic mass is 9.91. The van der Waals surface area contributed by atoms with E-state index in [-0.39, 0.29) is 0 Å². The van der Waals surface area contributed by atoms with Gasteiger partial charge in [-0.25, -0.2) is 4.79 Å². The summed E-state index contributed by atoms with van der Waals surface area (Å²) in [6, 6.07) is 0. The minimum Gasteiger partial charge on any atom is -0.460 e. The summed E-state index contributed by atoms with van der Waals surface area (Å²) < 4.78 is 207. The molecular weight excluding hydrogens is 529 g/mol. The van der Waals surface area contributed by atoms with Crippen LogP contribution in [0.2, 0.25) is 0 Å². The van der Waals surface area contributed by atoms with E-state index >= 15 is 0 Å². The molecule has 0 rings (SSSR count). The molecule has 0 amide bonds. The first-order valence-electron chi connectivity index (χ1n) is 8.24. The first kappa shape index (κ1) is 32.1. The van der Waals surface area contributed by atoms with Crippen LogP contribution in [0.5, 0.6) is 0 Å². The third-order valence-electron chi connectivity index (χ3n) is 3.69. The van der Waals surface area contributed by atoms with E-state index in [1.165, 1.54) is 0 Å². The Hall–Kier alpha value is -1.92. The van der Waals surface area contributed by atoms with E-state index in [4.69, 9.17) is 0 Å². The number of rotatable bonds is 14. The minimum atomic E-state index is -8.34. The van der Waals surface area contributed by atoms with Crippen molar-refractivity contribution < 1.29 is 84.9 Å². The number of hydrogen-bond acceptors (Lipinski definition) is 4. The van der Waals surface area contributed by atoms with Crippen LogP contribution >= 0.6 is 0 Å². The second kappa shape index (κ2) is 10.4. The molecular formula is C15H13F15O4. The molecule has 19 heteroatoms. The summed E-state index contributed by atoms with van der Waals surface area (Å²) in [5.74, 6) is -47.8. The average Bonchev–Trinajstić information content (AvgIpc) is 2.67. The fourth-order valence-electron chi connectivity index (χ4n) is 1.77. The van der Waals surface area contributed by atoms with E-state index in [9.17, 15) is 70.7 Å². The summed E-state index contributed by atoms with van der Waals surface area (Å²) in [5, 5.41) is 0. The van der Waals surface area contributed by atoms with Crippen LogP contribution in [0.3, 0.4) is 0 Å². The number of esters is 1. The molecule has 0 heterocycles. The van der Waals surface area contributed by atoms with Crippen LogP contribution in [0.4, 0.5) is 65.9 Å². The van der Waals surface area contributed by atoms with Gasteiger partial charge in [-0.1, -0.05) is 6.58 Å². The number of carbonyl (C=O) groups is 1. The van der Waals surface area contributed by atoms with Gasteiger partial charge in [0.2, 0.25) is 0 Å². The average molecular weight is 542 g/mol. The van der Waals surface area contributed by atoms with Gasteiger partial charge < -0.3 is 14.2 Å². The summed E-state index contributed by atoms with van der Waals surface area (Å²) in [6.45, 7) is -2.69. The molecule has 0 atom stereocenters. The van der Waals surface area contributed by atoms with Gasteiger partial charge >= 0.3 is 47.7 Å². The van der Waals surface area contributed by atoms with Crippen LogP contribution in [0.25, 0.3) is 0 Å². The molecule has 202 valence electrons. The highest BCUT2D eigenvalue weighted by molar-refractivity contribution is 5.81. The van der Waals surface area contributed by atoms with Crippen LogP contribution in [0.1, 0.15) is 0 Å². The third kappa shape index (κ3) is 5.83. The molecule has 0 fully saturated rings. The van der Waals surface area contributed by atoms with Crippen molar-refractivity contribution in [1.29, 1.82) is 0 Å². The van der Waals surface area contributed by atoms with Crippen LogP contribution in [0, 0.1) is 0 Å². The maximum atomic E-state index is 13.5. The Bertz CT molecular complexity index is 702. The highest BCUT2D eigenvalue weighted by atomic mass is 19.4. The molecule has 0 aliphatic carbocycles. The lowest BCUT2D eigenvalue weighted by Gasteiger charge is -2.41. The number of carbonyl (C=O) groups excluding carboxylic acids is 1. The zero-order chi connectivity index (χ0) is 27.4. The van der Waals surface area contributed by atoms with Crippen LogP contribution in [-0.4, -0.2) is 80.7 Å². The van der Waals surface area contributed by atoms with E-state index < -0.39 is 80.7 Å².